The average molecular weight is 136 g/mol. The molecule has 1 rings (SSSR count). The maximum Gasteiger partial charge on any atom is 0.167 e. The molecule has 0 aliphatic carbocycles. The maximum atomic E-state index is 7.23. The third kappa shape index (κ3) is 1.10. The minimum absolute atomic E-state index is 0.237. The second-order valence-corrected chi connectivity index (χ2v) is 1.89. The van der Waals surface area contributed by atoms with Crippen molar-refractivity contribution in [2.45, 2.75) is 6.92 Å². The molecule has 0 amide bonds. The van der Waals surface area contributed by atoms with Gasteiger partial charge in [-0.05, 0) is 19.1 Å². The second kappa shape index (κ2) is 2.43. The van der Waals surface area contributed by atoms with E-state index < -0.39 is 0 Å². The minimum atomic E-state index is 0.237. The third-order valence-electron chi connectivity index (χ3n) is 1.08. The number of hydrogen-bond donors (Lipinski definition) is 1. The third-order valence-corrected chi connectivity index (χ3v) is 1.08. The number of aromatic nitrogens is 2. The fourth-order valence-corrected chi connectivity index (χ4v) is 0.611. The van der Waals surface area contributed by atoms with E-state index in [4.69, 9.17) is 5.41 Å². The molecule has 0 spiro atoms. The summed E-state index contributed by atoms with van der Waals surface area (Å²) in [4.78, 5) is 1.18. The normalized spacial score (nSPS) is 9.30. The Balaban J connectivity index is 3.35. The zero-order valence-electron chi connectivity index (χ0n) is 5.70. The predicted molar refractivity (Wildman–Crippen MR) is 37.8 cm³/mol. The monoisotopic (exact) mass is 136 g/mol. The smallest absolute Gasteiger partial charge is 0.167 e. The Morgan fingerprint density at radius 3 is 2.90 bits per heavy atom. The van der Waals surface area contributed by atoms with Gasteiger partial charge in [0.15, 0.2) is 5.49 Å². The van der Waals surface area contributed by atoms with Crippen LogP contribution in [-0.4, -0.2) is 16.6 Å². The molecule has 0 aromatic carbocycles. The van der Waals surface area contributed by atoms with E-state index in [1.807, 2.05) is 6.92 Å². The zero-order chi connectivity index (χ0) is 7.56. The Bertz CT molecular complexity index is 299. The van der Waals surface area contributed by atoms with Crippen molar-refractivity contribution in [2.75, 3.05) is 0 Å². The van der Waals surface area contributed by atoms with E-state index in [1.54, 1.807) is 12.1 Å². The lowest BCUT2D eigenvalue weighted by atomic mass is 10.4. The van der Waals surface area contributed by atoms with E-state index in [9.17, 15) is 0 Å². The van der Waals surface area contributed by atoms with Crippen molar-refractivity contribution >= 4 is 6.72 Å². The van der Waals surface area contributed by atoms with E-state index in [0.29, 0.717) is 0 Å². The van der Waals surface area contributed by atoms with Crippen LogP contribution < -0.4 is 5.49 Å². The van der Waals surface area contributed by atoms with Gasteiger partial charge >= 0.3 is 0 Å². The van der Waals surface area contributed by atoms with Crippen LogP contribution in [0.5, 0.6) is 0 Å². The van der Waals surface area contributed by atoms with Crippen LogP contribution in [0, 0.1) is 12.3 Å². The Morgan fingerprint density at radius 2 is 2.40 bits per heavy atom. The highest BCUT2D eigenvalue weighted by Crippen LogP contribution is 1.83. The van der Waals surface area contributed by atoms with Crippen molar-refractivity contribution < 1.29 is 0 Å². The largest absolute Gasteiger partial charge is 0.281 e. The summed E-state index contributed by atoms with van der Waals surface area (Å²) in [5.74, 6) is 0. The van der Waals surface area contributed by atoms with Crippen molar-refractivity contribution in [3.8, 4) is 0 Å². The van der Waals surface area contributed by atoms with Crippen LogP contribution in [0.3, 0.4) is 0 Å². The molecule has 0 radical (unpaired) electrons. The molecule has 0 atom stereocenters. The quantitative estimate of drug-likeness (QED) is 0.548. The molecule has 0 saturated carbocycles. The van der Waals surface area contributed by atoms with Crippen LogP contribution in [0.25, 0.3) is 0 Å². The fraction of sp³-hybridized carbons (Fsp3) is 0.167. The first-order valence-electron chi connectivity index (χ1n) is 2.82. The molecule has 1 aromatic heterocycles. The summed E-state index contributed by atoms with van der Waals surface area (Å²) in [7, 11) is 0. The van der Waals surface area contributed by atoms with Crippen LogP contribution in [0.1, 0.15) is 5.69 Å². The summed E-state index contributed by atoms with van der Waals surface area (Å²) in [5.41, 5.74) is 1.06. The summed E-state index contributed by atoms with van der Waals surface area (Å²) in [6.45, 7) is 5.10. The van der Waals surface area contributed by atoms with Crippen molar-refractivity contribution in [1.82, 2.24) is 9.89 Å². The summed E-state index contributed by atoms with van der Waals surface area (Å²) in [6.07, 6.45) is 0. The van der Waals surface area contributed by atoms with Crippen LogP contribution in [0.2, 0.25) is 0 Å². The van der Waals surface area contributed by atoms with Gasteiger partial charge in [-0.15, -0.1) is 4.79 Å². The van der Waals surface area contributed by atoms with E-state index >= 15 is 0 Å². The van der Waals surface area contributed by atoms with Crippen LogP contribution in [0.15, 0.2) is 17.2 Å². The van der Waals surface area contributed by atoms with Gasteiger partial charge < -0.3 is 0 Å². The number of nitrogens with zero attached hydrogens (tertiary/aromatic N) is 3. The first-order valence-corrected chi connectivity index (χ1v) is 2.82. The van der Waals surface area contributed by atoms with Crippen molar-refractivity contribution in [3.63, 3.8) is 0 Å². The van der Waals surface area contributed by atoms with Gasteiger partial charge in [-0.2, -0.15) is 10.2 Å². The van der Waals surface area contributed by atoms with Gasteiger partial charge in [0.05, 0.1) is 5.69 Å². The minimum Gasteiger partial charge on any atom is -0.281 e. The van der Waals surface area contributed by atoms with Gasteiger partial charge in [0.25, 0.3) is 0 Å². The number of aryl methyl sites for hydroxylation is 1. The Labute approximate surface area is 58.3 Å². The standard InChI is InChI=1S/C6H8N4/c1-5-3-4-6(7)10(8-2)9-5/h3-4,7H,2H2,1H3. The molecule has 10 heavy (non-hydrogen) atoms. The molecule has 0 unspecified atom stereocenters. The number of rotatable bonds is 1. The topological polar surface area (TPSA) is 54.0 Å². The van der Waals surface area contributed by atoms with Crippen LogP contribution in [0.4, 0.5) is 0 Å². The number of hydrogen-bond acceptors (Lipinski definition) is 3. The first-order chi connectivity index (χ1) is 4.74. The second-order valence-electron chi connectivity index (χ2n) is 1.89. The Morgan fingerprint density at radius 1 is 1.70 bits per heavy atom. The van der Waals surface area contributed by atoms with Crippen molar-refractivity contribution in [3.05, 3.63) is 23.3 Å². The molecule has 4 nitrogen and oxygen atoms in total. The molecule has 0 saturated heterocycles. The van der Waals surface area contributed by atoms with Gasteiger partial charge in [0.1, 0.15) is 0 Å². The zero-order valence-corrected chi connectivity index (χ0v) is 5.70. The lowest BCUT2D eigenvalue weighted by Gasteiger charge is -1.95. The molecule has 0 fully saturated rings. The van der Waals surface area contributed by atoms with E-state index in [2.05, 4.69) is 16.9 Å². The van der Waals surface area contributed by atoms with E-state index in [1.165, 1.54) is 4.79 Å². The number of nitrogens with one attached hydrogen (secondary N) is 1. The highest BCUT2D eigenvalue weighted by Gasteiger charge is 1.88. The lowest BCUT2D eigenvalue weighted by molar-refractivity contribution is 0.654. The highest BCUT2D eigenvalue weighted by molar-refractivity contribution is 5.22. The lowest BCUT2D eigenvalue weighted by Crippen LogP contribution is -2.17. The van der Waals surface area contributed by atoms with Gasteiger partial charge in [0.2, 0.25) is 0 Å². The van der Waals surface area contributed by atoms with Crippen molar-refractivity contribution in [1.29, 1.82) is 5.41 Å². The maximum absolute atomic E-state index is 7.23. The molecule has 52 valence electrons. The van der Waals surface area contributed by atoms with Crippen LogP contribution in [-0.2, 0) is 0 Å². The van der Waals surface area contributed by atoms with Gasteiger partial charge in [-0.3, -0.25) is 5.41 Å². The summed E-state index contributed by atoms with van der Waals surface area (Å²) in [6, 6.07) is 3.38. The summed E-state index contributed by atoms with van der Waals surface area (Å²) < 4.78 is 0. The molecule has 0 aliphatic heterocycles. The summed E-state index contributed by atoms with van der Waals surface area (Å²) in [5, 5.41) is 14.6. The highest BCUT2D eigenvalue weighted by atomic mass is 15.5. The first kappa shape index (κ1) is 6.67. The van der Waals surface area contributed by atoms with Crippen LogP contribution >= 0.6 is 0 Å². The molecule has 1 aromatic rings. The van der Waals surface area contributed by atoms with E-state index in [0.717, 1.165) is 5.69 Å². The molecular weight excluding hydrogens is 128 g/mol. The molecule has 0 aliphatic rings. The average Bonchev–Trinajstić information content (AvgIpc) is 1.94. The SMILES string of the molecule is C=Nn1nc(C)ccc1=N. The summed E-state index contributed by atoms with van der Waals surface area (Å²) >= 11 is 0. The Hall–Kier alpha value is -1.45. The van der Waals surface area contributed by atoms with Gasteiger partial charge in [-0.1, -0.05) is 0 Å². The molecule has 0 bridgehead atoms. The van der Waals surface area contributed by atoms with E-state index in [-0.39, 0.29) is 5.49 Å². The molecule has 1 heterocycles. The molecule has 1 N–H and O–H groups in total. The van der Waals surface area contributed by atoms with Gasteiger partial charge in [-0.25, -0.2) is 0 Å². The predicted octanol–water partition coefficient (Wildman–Crippen LogP) is 0.135. The fourth-order valence-electron chi connectivity index (χ4n) is 0.611. The van der Waals surface area contributed by atoms with Gasteiger partial charge in [0, 0.05) is 6.72 Å². The molecule has 4 heteroatoms. The van der Waals surface area contributed by atoms with Crippen molar-refractivity contribution in [2.24, 2.45) is 5.10 Å². The Kier molecular flexibility index (Phi) is 1.62. The molecular formula is C6H8N4.